The highest BCUT2D eigenvalue weighted by Crippen LogP contribution is 2.26. The van der Waals surface area contributed by atoms with Gasteiger partial charge in [-0.05, 0) is 52.4 Å². The number of nitrogens with zero attached hydrogens (tertiary/aromatic N) is 1. The average Bonchev–Trinajstić information content (AvgIpc) is 2.42. The number of benzene rings is 1. The van der Waals surface area contributed by atoms with Gasteiger partial charge in [-0.25, -0.2) is 0 Å². The molecule has 1 aliphatic heterocycles. The molecule has 2 rings (SSSR count). The van der Waals surface area contributed by atoms with Gasteiger partial charge in [-0.1, -0.05) is 24.6 Å². The highest BCUT2D eigenvalue weighted by Gasteiger charge is 2.20. The number of hydrogen-bond acceptors (Lipinski definition) is 3. The molecule has 1 fully saturated rings. The van der Waals surface area contributed by atoms with E-state index in [0.717, 1.165) is 12.1 Å². The first kappa shape index (κ1) is 14.4. The highest BCUT2D eigenvalue weighted by molar-refractivity contribution is 5.37. The van der Waals surface area contributed by atoms with Crippen molar-refractivity contribution in [3.63, 3.8) is 0 Å². The number of nitrogens with one attached hydrogen (secondary N) is 1. The lowest BCUT2D eigenvalue weighted by atomic mass is 10.00. The number of phenols is 1. The molecule has 1 aliphatic rings. The van der Waals surface area contributed by atoms with Gasteiger partial charge in [0, 0.05) is 17.6 Å². The number of aromatic hydroxyl groups is 1. The van der Waals surface area contributed by atoms with Crippen LogP contribution in [-0.2, 0) is 0 Å². The zero-order chi connectivity index (χ0) is 13.8. The Balaban J connectivity index is 1.94. The number of hydrogen-bond donors (Lipinski definition) is 2. The van der Waals surface area contributed by atoms with E-state index in [-0.39, 0.29) is 6.04 Å². The Morgan fingerprint density at radius 3 is 2.68 bits per heavy atom. The summed E-state index contributed by atoms with van der Waals surface area (Å²) in [6, 6.07) is 6.60. The summed E-state index contributed by atoms with van der Waals surface area (Å²) in [6.45, 7) is 9.94. The lowest BCUT2D eigenvalue weighted by Crippen LogP contribution is -2.43. The van der Waals surface area contributed by atoms with Crippen LogP contribution in [0.1, 0.15) is 43.9 Å². The Labute approximate surface area is 116 Å². The minimum atomic E-state index is 0.207. The first-order valence-corrected chi connectivity index (χ1v) is 7.38. The molecule has 3 heteroatoms. The Bertz CT molecular complexity index is 411. The first-order chi connectivity index (χ1) is 9.10. The number of piperidine rings is 1. The molecule has 0 saturated carbocycles. The van der Waals surface area contributed by atoms with Crippen molar-refractivity contribution in [2.45, 2.75) is 45.7 Å². The van der Waals surface area contributed by atoms with Crippen LogP contribution in [0.5, 0.6) is 5.75 Å². The van der Waals surface area contributed by atoms with E-state index >= 15 is 0 Å². The van der Waals surface area contributed by atoms with Crippen molar-refractivity contribution in [2.75, 3.05) is 19.6 Å². The maximum Gasteiger partial charge on any atom is 0.120 e. The summed E-state index contributed by atoms with van der Waals surface area (Å²) in [5.41, 5.74) is 2.21. The summed E-state index contributed by atoms with van der Waals surface area (Å²) in [6.07, 6.45) is 2.40. The van der Waals surface area contributed by atoms with E-state index in [4.69, 9.17) is 0 Å². The van der Waals surface area contributed by atoms with Gasteiger partial charge >= 0.3 is 0 Å². The summed E-state index contributed by atoms with van der Waals surface area (Å²) < 4.78 is 0. The number of phenolic OH excluding ortho intramolecular Hbond substituents is 1. The molecule has 19 heavy (non-hydrogen) atoms. The third kappa shape index (κ3) is 3.71. The van der Waals surface area contributed by atoms with Crippen LogP contribution in [0.2, 0.25) is 0 Å². The van der Waals surface area contributed by atoms with E-state index in [1.807, 2.05) is 6.07 Å². The fraction of sp³-hybridized carbons (Fsp3) is 0.625. The van der Waals surface area contributed by atoms with Gasteiger partial charge in [0.2, 0.25) is 0 Å². The van der Waals surface area contributed by atoms with Crippen LogP contribution in [0.4, 0.5) is 0 Å². The molecule has 0 spiro atoms. The van der Waals surface area contributed by atoms with Crippen LogP contribution < -0.4 is 5.32 Å². The van der Waals surface area contributed by atoms with Gasteiger partial charge in [0.05, 0.1) is 0 Å². The third-order valence-electron chi connectivity index (χ3n) is 4.17. The van der Waals surface area contributed by atoms with Crippen LogP contribution in [0.3, 0.4) is 0 Å². The van der Waals surface area contributed by atoms with Gasteiger partial charge in [0.1, 0.15) is 5.75 Å². The topological polar surface area (TPSA) is 35.5 Å². The Morgan fingerprint density at radius 2 is 2.05 bits per heavy atom. The largest absolute Gasteiger partial charge is 0.508 e. The third-order valence-corrected chi connectivity index (χ3v) is 4.17. The monoisotopic (exact) mass is 262 g/mol. The average molecular weight is 262 g/mol. The van der Waals surface area contributed by atoms with Crippen molar-refractivity contribution in [2.24, 2.45) is 0 Å². The molecule has 0 aliphatic carbocycles. The molecular formula is C16H26N2O. The SMILES string of the molecule is CCN1CCC(NC(C)c2cc(C)ccc2O)CC1. The maximum atomic E-state index is 9.97. The fourth-order valence-electron chi connectivity index (χ4n) is 2.88. The van der Waals surface area contributed by atoms with E-state index in [1.165, 1.54) is 31.5 Å². The second kappa shape index (κ2) is 6.40. The first-order valence-electron chi connectivity index (χ1n) is 7.38. The summed E-state index contributed by atoms with van der Waals surface area (Å²) in [7, 11) is 0. The van der Waals surface area contributed by atoms with E-state index in [2.05, 4.69) is 37.1 Å². The van der Waals surface area contributed by atoms with Crippen molar-refractivity contribution < 1.29 is 5.11 Å². The summed E-state index contributed by atoms with van der Waals surface area (Å²) >= 11 is 0. The van der Waals surface area contributed by atoms with Gasteiger partial charge in [-0.3, -0.25) is 0 Å². The Hall–Kier alpha value is -1.06. The van der Waals surface area contributed by atoms with Crippen molar-refractivity contribution in [1.82, 2.24) is 10.2 Å². The Morgan fingerprint density at radius 1 is 1.37 bits per heavy atom. The van der Waals surface area contributed by atoms with Crippen LogP contribution in [0.15, 0.2) is 18.2 Å². The van der Waals surface area contributed by atoms with E-state index in [1.54, 1.807) is 6.07 Å². The smallest absolute Gasteiger partial charge is 0.120 e. The van der Waals surface area contributed by atoms with Crippen molar-refractivity contribution >= 4 is 0 Å². The second-order valence-electron chi connectivity index (χ2n) is 5.66. The molecule has 1 aromatic rings. The maximum absolute atomic E-state index is 9.97. The van der Waals surface area contributed by atoms with Crippen molar-refractivity contribution in [1.29, 1.82) is 0 Å². The predicted octanol–water partition coefficient (Wildman–Crippen LogP) is 2.84. The molecule has 1 saturated heterocycles. The molecular weight excluding hydrogens is 236 g/mol. The summed E-state index contributed by atoms with van der Waals surface area (Å²) in [5, 5.41) is 13.6. The van der Waals surface area contributed by atoms with Crippen molar-refractivity contribution in [3.8, 4) is 5.75 Å². The molecule has 0 amide bonds. The molecule has 1 aromatic carbocycles. The lowest BCUT2D eigenvalue weighted by molar-refractivity contribution is 0.200. The normalized spacial score (nSPS) is 19.5. The van der Waals surface area contributed by atoms with E-state index in [0.29, 0.717) is 11.8 Å². The minimum Gasteiger partial charge on any atom is -0.508 e. The Kier molecular flexibility index (Phi) is 4.83. The molecule has 0 bridgehead atoms. The zero-order valence-electron chi connectivity index (χ0n) is 12.3. The molecule has 1 unspecified atom stereocenters. The van der Waals surface area contributed by atoms with Gasteiger partial charge in [0.15, 0.2) is 0 Å². The number of likely N-dealkylation sites (tertiary alicyclic amines) is 1. The zero-order valence-corrected chi connectivity index (χ0v) is 12.3. The molecule has 2 N–H and O–H groups in total. The second-order valence-corrected chi connectivity index (χ2v) is 5.66. The van der Waals surface area contributed by atoms with E-state index < -0.39 is 0 Å². The van der Waals surface area contributed by atoms with Gasteiger partial charge in [0.25, 0.3) is 0 Å². The molecule has 1 heterocycles. The highest BCUT2D eigenvalue weighted by atomic mass is 16.3. The standard InChI is InChI=1S/C16H26N2O/c1-4-18-9-7-14(8-10-18)17-13(3)15-11-12(2)5-6-16(15)19/h5-6,11,13-14,17,19H,4,7-10H2,1-3H3. The lowest BCUT2D eigenvalue weighted by Gasteiger charge is -2.33. The predicted molar refractivity (Wildman–Crippen MR) is 79.5 cm³/mol. The van der Waals surface area contributed by atoms with Gasteiger partial charge in [-0.2, -0.15) is 0 Å². The fourth-order valence-corrected chi connectivity index (χ4v) is 2.88. The van der Waals surface area contributed by atoms with Crippen LogP contribution in [0, 0.1) is 6.92 Å². The molecule has 1 atom stereocenters. The molecule has 106 valence electrons. The number of aryl methyl sites for hydroxylation is 1. The van der Waals surface area contributed by atoms with Crippen LogP contribution in [-0.4, -0.2) is 35.7 Å². The van der Waals surface area contributed by atoms with E-state index in [9.17, 15) is 5.11 Å². The molecule has 0 radical (unpaired) electrons. The van der Waals surface area contributed by atoms with Crippen LogP contribution in [0.25, 0.3) is 0 Å². The summed E-state index contributed by atoms with van der Waals surface area (Å²) in [4.78, 5) is 2.49. The molecule has 3 nitrogen and oxygen atoms in total. The summed E-state index contributed by atoms with van der Waals surface area (Å²) in [5.74, 6) is 0.400. The van der Waals surface area contributed by atoms with Gasteiger partial charge in [-0.15, -0.1) is 0 Å². The minimum absolute atomic E-state index is 0.207. The van der Waals surface area contributed by atoms with Gasteiger partial charge < -0.3 is 15.3 Å². The van der Waals surface area contributed by atoms with Crippen molar-refractivity contribution in [3.05, 3.63) is 29.3 Å². The molecule has 0 aromatic heterocycles. The van der Waals surface area contributed by atoms with Crippen LogP contribution >= 0.6 is 0 Å². The number of rotatable bonds is 4. The quantitative estimate of drug-likeness (QED) is 0.876.